The van der Waals surface area contributed by atoms with Gasteiger partial charge < -0.3 is 0 Å². The first-order valence-corrected chi connectivity index (χ1v) is 6.42. The molecule has 3 rings (SSSR count). The average Bonchev–Trinajstić information content (AvgIpc) is 2.76. The van der Waals surface area contributed by atoms with E-state index in [4.69, 9.17) is 0 Å². The summed E-state index contributed by atoms with van der Waals surface area (Å²) in [5, 5.41) is 0. The molecule has 2 aromatic heterocycles. The van der Waals surface area contributed by atoms with Crippen LogP contribution in [0.25, 0.3) is 21.5 Å². The van der Waals surface area contributed by atoms with Crippen LogP contribution in [-0.4, -0.2) is 4.98 Å². The third kappa shape index (κ3) is 1.72. The van der Waals surface area contributed by atoms with Crippen molar-refractivity contribution in [3.8, 4) is 11.3 Å². The molecule has 0 atom stereocenters. The molecule has 17 heavy (non-hydrogen) atoms. The van der Waals surface area contributed by atoms with E-state index in [2.05, 4.69) is 60.1 Å². The van der Waals surface area contributed by atoms with E-state index < -0.39 is 0 Å². The number of hydrogen-bond acceptors (Lipinski definition) is 2. The first-order chi connectivity index (χ1) is 8.25. The van der Waals surface area contributed by atoms with Gasteiger partial charge in [0.25, 0.3) is 0 Å². The lowest BCUT2D eigenvalue weighted by Crippen LogP contribution is -2.30. The molecule has 0 saturated carbocycles. The number of fused-ring (bicyclic) bond motifs is 1. The molecular formula is C14H13N2S+. The second kappa shape index (κ2) is 3.93. The SMILES string of the molecule is Cc1ccccc1-c1cc2ncsc2c[n+]1C. The summed E-state index contributed by atoms with van der Waals surface area (Å²) >= 11 is 1.68. The first-order valence-electron chi connectivity index (χ1n) is 5.54. The average molecular weight is 241 g/mol. The molecule has 0 radical (unpaired) electrons. The van der Waals surface area contributed by atoms with Crippen LogP contribution in [0.2, 0.25) is 0 Å². The van der Waals surface area contributed by atoms with Crippen LogP contribution in [-0.2, 0) is 7.05 Å². The topological polar surface area (TPSA) is 16.8 Å². The van der Waals surface area contributed by atoms with E-state index in [-0.39, 0.29) is 0 Å². The van der Waals surface area contributed by atoms with Gasteiger partial charge in [-0.3, -0.25) is 0 Å². The standard InChI is InChI=1S/C14H13N2S/c1-10-5-3-4-6-11(10)13-7-12-14(8-16(13)2)17-9-15-12/h3-9H,1-2H3/q+1. The highest BCUT2D eigenvalue weighted by Crippen LogP contribution is 2.24. The van der Waals surface area contributed by atoms with Gasteiger partial charge in [-0.1, -0.05) is 18.2 Å². The predicted molar refractivity (Wildman–Crippen MR) is 71.0 cm³/mol. The fourth-order valence-corrected chi connectivity index (χ4v) is 2.80. The molecule has 0 aliphatic heterocycles. The van der Waals surface area contributed by atoms with Crippen molar-refractivity contribution in [2.75, 3.05) is 0 Å². The van der Waals surface area contributed by atoms with Gasteiger partial charge in [-0.15, -0.1) is 11.3 Å². The molecule has 2 heterocycles. The summed E-state index contributed by atoms with van der Waals surface area (Å²) in [6, 6.07) is 10.6. The van der Waals surface area contributed by atoms with E-state index >= 15 is 0 Å². The van der Waals surface area contributed by atoms with Gasteiger partial charge in [0.2, 0.25) is 5.69 Å². The van der Waals surface area contributed by atoms with Gasteiger partial charge in [0, 0.05) is 11.6 Å². The Kier molecular flexibility index (Phi) is 2.41. The molecule has 84 valence electrons. The highest BCUT2D eigenvalue weighted by Gasteiger charge is 2.14. The van der Waals surface area contributed by atoms with Crippen LogP contribution in [0, 0.1) is 6.92 Å². The Labute approximate surface area is 104 Å². The Bertz CT molecular complexity index is 686. The van der Waals surface area contributed by atoms with Crippen molar-refractivity contribution in [1.29, 1.82) is 0 Å². The minimum absolute atomic E-state index is 1.08. The number of rotatable bonds is 1. The fourth-order valence-electron chi connectivity index (χ4n) is 2.07. The lowest BCUT2D eigenvalue weighted by atomic mass is 10.0. The molecule has 0 amide bonds. The molecule has 2 nitrogen and oxygen atoms in total. The Balaban J connectivity index is 2.30. The van der Waals surface area contributed by atoms with Crippen molar-refractivity contribution in [2.45, 2.75) is 6.92 Å². The van der Waals surface area contributed by atoms with Gasteiger partial charge in [0.15, 0.2) is 6.20 Å². The van der Waals surface area contributed by atoms with Crippen molar-refractivity contribution in [1.82, 2.24) is 4.98 Å². The minimum atomic E-state index is 1.08. The fraction of sp³-hybridized carbons (Fsp3) is 0.143. The van der Waals surface area contributed by atoms with Crippen molar-refractivity contribution < 1.29 is 4.57 Å². The molecule has 0 bridgehead atoms. The van der Waals surface area contributed by atoms with Gasteiger partial charge >= 0.3 is 0 Å². The second-order valence-electron chi connectivity index (χ2n) is 4.19. The van der Waals surface area contributed by atoms with Crippen molar-refractivity contribution in [3.05, 3.63) is 47.6 Å². The summed E-state index contributed by atoms with van der Waals surface area (Å²) in [5.41, 5.74) is 6.74. The summed E-state index contributed by atoms with van der Waals surface area (Å²) in [6.45, 7) is 2.14. The number of thiazole rings is 1. The zero-order valence-electron chi connectivity index (χ0n) is 9.84. The minimum Gasteiger partial charge on any atom is -0.244 e. The first kappa shape index (κ1) is 10.4. The predicted octanol–water partition coefficient (Wildman–Crippen LogP) is 3.10. The van der Waals surface area contributed by atoms with Gasteiger partial charge in [0.05, 0.1) is 11.0 Å². The second-order valence-corrected chi connectivity index (χ2v) is 5.07. The Hall–Kier alpha value is -1.74. The third-order valence-electron chi connectivity index (χ3n) is 3.01. The summed E-state index contributed by atoms with van der Waals surface area (Å²) in [6.07, 6.45) is 2.15. The molecule has 1 aromatic carbocycles. The molecule has 3 heteroatoms. The Morgan fingerprint density at radius 3 is 2.88 bits per heavy atom. The number of pyridine rings is 1. The largest absolute Gasteiger partial charge is 0.244 e. The molecule has 0 N–H and O–H groups in total. The van der Waals surface area contributed by atoms with E-state index in [1.54, 1.807) is 11.3 Å². The molecule has 0 aliphatic carbocycles. The third-order valence-corrected chi connectivity index (χ3v) is 3.79. The number of hydrogen-bond donors (Lipinski definition) is 0. The van der Waals surface area contributed by atoms with Crippen molar-refractivity contribution >= 4 is 21.6 Å². The van der Waals surface area contributed by atoms with Gasteiger partial charge in [-0.2, -0.15) is 4.57 Å². The summed E-state index contributed by atoms with van der Waals surface area (Å²) in [7, 11) is 2.08. The zero-order chi connectivity index (χ0) is 11.8. The van der Waals surface area contributed by atoms with E-state index in [1.165, 1.54) is 21.5 Å². The molecule has 0 spiro atoms. The molecule has 0 aliphatic rings. The van der Waals surface area contributed by atoms with Gasteiger partial charge in [-0.25, -0.2) is 4.98 Å². The molecular weight excluding hydrogens is 228 g/mol. The highest BCUT2D eigenvalue weighted by atomic mass is 32.1. The number of aromatic nitrogens is 2. The Morgan fingerprint density at radius 1 is 1.24 bits per heavy atom. The lowest BCUT2D eigenvalue weighted by molar-refractivity contribution is -0.659. The molecule has 0 fully saturated rings. The van der Waals surface area contributed by atoms with Crippen LogP contribution >= 0.6 is 11.3 Å². The van der Waals surface area contributed by atoms with Crippen molar-refractivity contribution in [3.63, 3.8) is 0 Å². The lowest BCUT2D eigenvalue weighted by Gasteiger charge is -2.03. The maximum atomic E-state index is 4.38. The van der Waals surface area contributed by atoms with Crippen LogP contribution in [0.3, 0.4) is 0 Å². The van der Waals surface area contributed by atoms with E-state index in [9.17, 15) is 0 Å². The number of benzene rings is 1. The smallest absolute Gasteiger partial charge is 0.214 e. The number of nitrogens with zero attached hydrogens (tertiary/aromatic N) is 2. The van der Waals surface area contributed by atoms with Crippen LogP contribution in [0.5, 0.6) is 0 Å². The van der Waals surface area contributed by atoms with E-state index in [1.807, 2.05) is 5.51 Å². The highest BCUT2D eigenvalue weighted by molar-refractivity contribution is 7.16. The summed E-state index contributed by atoms with van der Waals surface area (Å²) in [5.74, 6) is 0. The molecule has 3 aromatic rings. The van der Waals surface area contributed by atoms with Crippen LogP contribution in [0.1, 0.15) is 5.56 Å². The Morgan fingerprint density at radius 2 is 2.06 bits per heavy atom. The van der Waals surface area contributed by atoms with Crippen LogP contribution in [0.4, 0.5) is 0 Å². The van der Waals surface area contributed by atoms with Crippen molar-refractivity contribution in [2.24, 2.45) is 7.05 Å². The molecule has 0 unspecified atom stereocenters. The van der Waals surface area contributed by atoms with Gasteiger partial charge in [-0.05, 0) is 18.6 Å². The van der Waals surface area contributed by atoms with Crippen LogP contribution in [0.15, 0.2) is 42.0 Å². The zero-order valence-corrected chi connectivity index (χ0v) is 10.7. The molecule has 0 saturated heterocycles. The van der Waals surface area contributed by atoms with Gasteiger partial charge in [0.1, 0.15) is 11.7 Å². The van der Waals surface area contributed by atoms with Crippen LogP contribution < -0.4 is 4.57 Å². The van der Waals surface area contributed by atoms with E-state index in [0.717, 1.165) is 5.52 Å². The number of aryl methyl sites for hydroxylation is 2. The maximum absolute atomic E-state index is 4.38. The normalized spacial score (nSPS) is 10.9. The summed E-state index contributed by atoms with van der Waals surface area (Å²) < 4.78 is 3.40. The quantitative estimate of drug-likeness (QED) is 0.598. The van der Waals surface area contributed by atoms with E-state index in [0.29, 0.717) is 0 Å². The monoisotopic (exact) mass is 241 g/mol. The maximum Gasteiger partial charge on any atom is 0.214 e. The summed E-state index contributed by atoms with van der Waals surface area (Å²) in [4.78, 5) is 4.38.